The Bertz CT molecular complexity index is 1370. The zero-order valence-corrected chi connectivity index (χ0v) is 21.3. The lowest BCUT2D eigenvalue weighted by atomic mass is 9.80. The molecule has 3 atom stereocenters. The molecule has 37 heavy (non-hydrogen) atoms. The average molecular weight is 496 g/mol. The number of rotatable bonds is 8. The number of fused-ring (bicyclic) bond motifs is 1. The molecule has 1 aliphatic rings. The summed E-state index contributed by atoms with van der Waals surface area (Å²) < 4.78 is 5.35. The lowest BCUT2D eigenvalue weighted by Gasteiger charge is -2.40. The number of aromatic nitrogens is 1. The first kappa shape index (κ1) is 24.8. The highest BCUT2D eigenvalue weighted by molar-refractivity contribution is 5.91. The lowest BCUT2D eigenvalue weighted by molar-refractivity contribution is 0.0693. The fourth-order valence-corrected chi connectivity index (χ4v) is 5.53. The average Bonchev–Trinajstić information content (AvgIpc) is 2.95. The largest absolute Gasteiger partial charge is 0.496 e. The van der Waals surface area contributed by atoms with Gasteiger partial charge in [0.1, 0.15) is 17.1 Å². The molecule has 0 bridgehead atoms. The molecule has 6 nitrogen and oxygen atoms in total. The number of methoxy groups -OCH3 is 1. The fraction of sp³-hybridized carbons (Fsp3) is 0.290. The van der Waals surface area contributed by atoms with Crippen LogP contribution in [0.2, 0.25) is 0 Å². The quantitative estimate of drug-likeness (QED) is 0.317. The van der Waals surface area contributed by atoms with Crippen LogP contribution in [-0.4, -0.2) is 42.8 Å². The number of piperidine rings is 1. The van der Waals surface area contributed by atoms with Crippen LogP contribution in [0.25, 0.3) is 10.8 Å². The predicted octanol–water partition coefficient (Wildman–Crippen LogP) is 5.90. The number of pyridine rings is 1. The van der Waals surface area contributed by atoms with E-state index in [1.807, 2.05) is 0 Å². The van der Waals surface area contributed by atoms with Gasteiger partial charge in [0.05, 0.1) is 7.11 Å². The molecule has 6 heteroatoms. The molecule has 0 amide bonds. The molecule has 5 rings (SSSR count). The highest BCUT2D eigenvalue weighted by atomic mass is 16.5. The SMILES string of the molecule is COc1cc(N2CCC(CN[C@H](C)c3cccc4ccccc34)C(c3ccccc3)C2)ncc1C(=O)O. The minimum Gasteiger partial charge on any atom is -0.496 e. The number of hydrogen-bond acceptors (Lipinski definition) is 5. The number of hydrogen-bond donors (Lipinski definition) is 2. The Morgan fingerprint density at radius 1 is 1.11 bits per heavy atom. The predicted molar refractivity (Wildman–Crippen MR) is 148 cm³/mol. The smallest absolute Gasteiger partial charge is 0.341 e. The first-order valence-electron chi connectivity index (χ1n) is 12.8. The number of ether oxygens (including phenoxy) is 1. The molecule has 0 radical (unpaired) electrons. The summed E-state index contributed by atoms with van der Waals surface area (Å²) >= 11 is 0. The maximum Gasteiger partial charge on any atom is 0.341 e. The molecule has 1 fully saturated rings. The lowest BCUT2D eigenvalue weighted by Crippen LogP contribution is -2.43. The Kier molecular flexibility index (Phi) is 7.37. The van der Waals surface area contributed by atoms with Crippen LogP contribution in [0.1, 0.15) is 46.8 Å². The van der Waals surface area contributed by atoms with E-state index >= 15 is 0 Å². The highest BCUT2D eigenvalue weighted by Crippen LogP contribution is 2.35. The number of nitrogens with zero attached hydrogens (tertiary/aromatic N) is 2. The molecule has 4 aromatic rings. The summed E-state index contributed by atoms with van der Waals surface area (Å²) in [5, 5.41) is 15.8. The summed E-state index contributed by atoms with van der Waals surface area (Å²) in [5.74, 6) is 0.813. The van der Waals surface area contributed by atoms with Gasteiger partial charge in [-0.05, 0) is 47.7 Å². The standard InChI is InChI=1S/C31H33N3O3/c1-21(25-14-8-12-22-11-6-7-13-26(22)25)32-18-24-15-16-34(20-28(24)23-9-4-3-5-10-23)30-17-29(37-2)27(19-33-30)31(35)36/h3-14,17,19,21,24,28,32H,15-16,18,20H2,1-2H3,(H,35,36)/t21-,24?,28?/m1/s1. The van der Waals surface area contributed by atoms with Crippen molar-refractivity contribution in [3.63, 3.8) is 0 Å². The zero-order chi connectivity index (χ0) is 25.8. The van der Waals surface area contributed by atoms with E-state index < -0.39 is 5.97 Å². The van der Waals surface area contributed by atoms with Gasteiger partial charge >= 0.3 is 5.97 Å². The van der Waals surface area contributed by atoms with Gasteiger partial charge in [0.15, 0.2) is 0 Å². The van der Waals surface area contributed by atoms with Crippen molar-refractivity contribution in [2.75, 3.05) is 31.6 Å². The maximum absolute atomic E-state index is 11.5. The van der Waals surface area contributed by atoms with E-state index in [0.29, 0.717) is 17.6 Å². The molecule has 0 spiro atoms. The third-order valence-corrected chi connectivity index (χ3v) is 7.59. The molecule has 0 aliphatic carbocycles. The van der Waals surface area contributed by atoms with Crippen molar-refractivity contribution in [2.45, 2.75) is 25.3 Å². The zero-order valence-electron chi connectivity index (χ0n) is 21.3. The molecular weight excluding hydrogens is 462 g/mol. The Balaban J connectivity index is 1.35. The molecule has 0 saturated carbocycles. The van der Waals surface area contributed by atoms with Crippen molar-refractivity contribution in [2.24, 2.45) is 5.92 Å². The van der Waals surface area contributed by atoms with Gasteiger partial charge in [-0.25, -0.2) is 9.78 Å². The molecule has 2 unspecified atom stereocenters. The summed E-state index contributed by atoms with van der Waals surface area (Å²) in [4.78, 5) is 18.2. The van der Waals surface area contributed by atoms with E-state index in [9.17, 15) is 9.90 Å². The van der Waals surface area contributed by atoms with Crippen LogP contribution in [0.5, 0.6) is 5.75 Å². The van der Waals surface area contributed by atoms with E-state index in [2.05, 4.69) is 94.9 Å². The number of benzene rings is 3. The van der Waals surface area contributed by atoms with Gasteiger partial charge in [0.25, 0.3) is 0 Å². The van der Waals surface area contributed by atoms with Crippen LogP contribution in [0.4, 0.5) is 5.82 Å². The summed E-state index contributed by atoms with van der Waals surface area (Å²) in [6.07, 6.45) is 2.40. The van der Waals surface area contributed by atoms with Crippen LogP contribution >= 0.6 is 0 Å². The Hall–Kier alpha value is -3.90. The van der Waals surface area contributed by atoms with Crippen LogP contribution in [0.15, 0.2) is 85.1 Å². The van der Waals surface area contributed by atoms with Crippen molar-refractivity contribution < 1.29 is 14.6 Å². The molecule has 1 saturated heterocycles. The molecule has 3 aromatic carbocycles. The van der Waals surface area contributed by atoms with E-state index in [-0.39, 0.29) is 11.6 Å². The second-order valence-electron chi connectivity index (χ2n) is 9.76. The minimum atomic E-state index is -1.04. The number of carboxylic acid groups (broad SMARTS) is 1. The van der Waals surface area contributed by atoms with Crippen molar-refractivity contribution in [1.82, 2.24) is 10.3 Å². The van der Waals surface area contributed by atoms with E-state index in [4.69, 9.17) is 4.74 Å². The Labute approximate surface area is 217 Å². The van der Waals surface area contributed by atoms with Crippen molar-refractivity contribution >= 4 is 22.6 Å². The van der Waals surface area contributed by atoms with E-state index in [1.165, 1.54) is 35.2 Å². The van der Waals surface area contributed by atoms with Gasteiger partial charge in [-0.1, -0.05) is 72.8 Å². The second-order valence-corrected chi connectivity index (χ2v) is 9.76. The number of carbonyl (C=O) groups is 1. The third kappa shape index (κ3) is 5.30. The van der Waals surface area contributed by atoms with Crippen molar-refractivity contribution in [3.05, 3.63) is 102 Å². The molecule has 1 aromatic heterocycles. The van der Waals surface area contributed by atoms with Gasteiger partial charge in [0.2, 0.25) is 0 Å². The van der Waals surface area contributed by atoms with Crippen LogP contribution in [0.3, 0.4) is 0 Å². The number of anilines is 1. The molecule has 2 heterocycles. The van der Waals surface area contributed by atoms with E-state index in [0.717, 1.165) is 31.9 Å². The first-order valence-corrected chi connectivity index (χ1v) is 12.8. The molecule has 2 N–H and O–H groups in total. The molecule has 190 valence electrons. The number of nitrogens with one attached hydrogen (secondary N) is 1. The van der Waals surface area contributed by atoms with Gasteiger partial charge in [-0.15, -0.1) is 0 Å². The van der Waals surface area contributed by atoms with Crippen molar-refractivity contribution in [3.8, 4) is 5.75 Å². The summed E-state index contributed by atoms with van der Waals surface area (Å²) in [7, 11) is 1.49. The number of aromatic carboxylic acids is 1. The van der Waals surface area contributed by atoms with Crippen LogP contribution < -0.4 is 15.0 Å². The number of carboxylic acids is 1. The second kappa shape index (κ2) is 11.0. The van der Waals surface area contributed by atoms with Gasteiger partial charge in [-0.3, -0.25) is 0 Å². The van der Waals surface area contributed by atoms with Crippen molar-refractivity contribution in [1.29, 1.82) is 0 Å². The Morgan fingerprint density at radius 2 is 1.86 bits per heavy atom. The monoisotopic (exact) mass is 495 g/mol. The summed E-state index contributed by atoms with van der Waals surface area (Å²) in [6, 6.07) is 27.7. The van der Waals surface area contributed by atoms with Gasteiger partial charge < -0.3 is 20.1 Å². The topological polar surface area (TPSA) is 74.7 Å². The summed E-state index contributed by atoms with van der Waals surface area (Å²) in [6.45, 7) is 4.81. The summed E-state index contributed by atoms with van der Waals surface area (Å²) in [5.41, 5.74) is 2.71. The third-order valence-electron chi connectivity index (χ3n) is 7.59. The van der Waals surface area contributed by atoms with Gasteiger partial charge in [-0.2, -0.15) is 0 Å². The highest BCUT2D eigenvalue weighted by Gasteiger charge is 2.32. The minimum absolute atomic E-state index is 0.0763. The Morgan fingerprint density at radius 3 is 2.65 bits per heavy atom. The van der Waals surface area contributed by atoms with E-state index in [1.54, 1.807) is 6.07 Å². The first-order chi connectivity index (χ1) is 18.0. The molecular formula is C31H33N3O3. The van der Waals surface area contributed by atoms with Crippen LogP contribution in [0, 0.1) is 5.92 Å². The fourth-order valence-electron chi connectivity index (χ4n) is 5.53. The normalized spacial score (nSPS) is 18.5. The maximum atomic E-state index is 11.5. The van der Waals surface area contributed by atoms with Gasteiger partial charge in [0, 0.05) is 37.3 Å². The molecule has 1 aliphatic heterocycles. The van der Waals surface area contributed by atoms with Crippen LogP contribution in [-0.2, 0) is 0 Å².